The molecule has 0 unspecified atom stereocenters. The van der Waals surface area contributed by atoms with Crippen molar-refractivity contribution >= 4 is 34.1 Å². The number of carbonyl (C=O) groups is 2. The van der Waals surface area contributed by atoms with Crippen LogP contribution < -0.4 is 15.8 Å². The van der Waals surface area contributed by atoms with Crippen LogP contribution in [-0.4, -0.2) is 31.1 Å². The Morgan fingerprint density at radius 1 is 1.08 bits per heavy atom. The monoisotopic (exact) mass is 351 g/mol. The zero-order valence-electron chi connectivity index (χ0n) is 14.3. The molecule has 132 valence electrons. The molecule has 3 aromatic rings. The number of fused-ring (bicyclic) bond motifs is 1. The maximum atomic E-state index is 12.4. The molecule has 0 atom stereocenters. The Kier molecular flexibility index (Phi) is 4.70. The van der Waals surface area contributed by atoms with Gasteiger partial charge in [0.15, 0.2) is 0 Å². The van der Waals surface area contributed by atoms with E-state index in [2.05, 4.69) is 15.0 Å². The van der Waals surface area contributed by atoms with Crippen LogP contribution in [0.2, 0.25) is 0 Å². The number of rotatable bonds is 3. The summed E-state index contributed by atoms with van der Waals surface area (Å²) < 4.78 is 4.65. The van der Waals surface area contributed by atoms with Crippen LogP contribution in [0.4, 0.5) is 16.2 Å². The van der Waals surface area contributed by atoms with Gasteiger partial charge in [0.25, 0.3) is 11.5 Å². The molecule has 3 rings (SSSR count). The maximum Gasteiger partial charge on any atom is 0.413 e. The van der Waals surface area contributed by atoms with E-state index in [1.807, 2.05) is 0 Å². The number of hydrogen-bond donors (Lipinski definition) is 2. The van der Waals surface area contributed by atoms with E-state index in [0.717, 1.165) is 0 Å². The average molecular weight is 351 g/mol. The molecule has 7 nitrogen and oxygen atoms in total. The van der Waals surface area contributed by atoms with E-state index in [1.165, 1.54) is 12.0 Å². The Morgan fingerprint density at radius 2 is 1.77 bits per heavy atom. The van der Waals surface area contributed by atoms with Gasteiger partial charge in [-0.15, -0.1) is 0 Å². The van der Waals surface area contributed by atoms with Gasteiger partial charge in [-0.05, 0) is 41.8 Å². The minimum Gasteiger partial charge on any atom is -0.452 e. The first kappa shape index (κ1) is 17.2. The summed E-state index contributed by atoms with van der Waals surface area (Å²) >= 11 is 0. The third-order valence-electron chi connectivity index (χ3n) is 3.96. The number of carbonyl (C=O) groups excluding carboxylic acids is 2. The summed E-state index contributed by atoms with van der Waals surface area (Å²) in [5, 5.41) is 3.93. The molecule has 1 aromatic heterocycles. The lowest BCUT2D eigenvalue weighted by atomic mass is 10.1. The number of amides is 2. The van der Waals surface area contributed by atoms with Crippen molar-refractivity contribution in [3.63, 3.8) is 0 Å². The van der Waals surface area contributed by atoms with Crippen molar-refractivity contribution in [2.75, 3.05) is 24.4 Å². The van der Waals surface area contributed by atoms with Crippen LogP contribution in [0.1, 0.15) is 10.5 Å². The van der Waals surface area contributed by atoms with Crippen LogP contribution in [0.25, 0.3) is 10.8 Å². The lowest BCUT2D eigenvalue weighted by molar-refractivity contribution is 0.102. The Labute approximate surface area is 149 Å². The van der Waals surface area contributed by atoms with Crippen LogP contribution in [-0.2, 0) is 4.74 Å². The van der Waals surface area contributed by atoms with Crippen LogP contribution in [0.3, 0.4) is 0 Å². The minimum atomic E-state index is -0.490. The molecule has 0 saturated heterocycles. The van der Waals surface area contributed by atoms with Crippen molar-refractivity contribution in [1.29, 1.82) is 0 Å². The molecule has 26 heavy (non-hydrogen) atoms. The molecule has 1 heterocycles. The first-order valence-electron chi connectivity index (χ1n) is 7.85. The van der Waals surface area contributed by atoms with E-state index >= 15 is 0 Å². The summed E-state index contributed by atoms with van der Waals surface area (Å²) in [4.78, 5) is 39.9. The Balaban J connectivity index is 1.80. The highest BCUT2D eigenvalue weighted by Gasteiger charge is 2.12. The highest BCUT2D eigenvalue weighted by Crippen LogP contribution is 2.18. The largest absolute Gasteiger partial charge is 0.452 e. The molecule has 7 heteroatoms. The minimum absolute atomic E-state index is 0.171. The molecule has 2 N–H and O–H groups in total. The number of aromatic amines is 1. The molecule has 2 aromatic carbocycles. The number of anilines is 2. The standard InChI is InChI=1S/C19H17N3O4/c1-22(19(25)26-2)14-9-7-13(8-10-14)20-18(24)16-11-12-5-3-4-6-15(12)17(23)21-16/h3-11H,1-2H3,(H,20,24)(H,21,23). The summed E-state index contributed by atoms with van der Waals surface area (Å²) in [7, 11) is 2.89. The second kappa shape index (κ2) is 7.10. The Morgan fingerprint density at radius 3 is 2.46 bits per heavy atom. The van der Waals surface area contributed by atoms with Gasteiger partial charge in [0, 0.05) is 23.8 Å². The molecule has 0 aliphatic carbocycles. The van der Waals surface area contributed by atoms with Crippen LogP contribution >= 0.6 is 0 Å². The number of H-pyrrole nitrogens is 1. The van der Waals surface area contributed by atoms with Crippen molar-refractivity contribution in [1.82, 2.24) is 4.98 Å². The van der Waals surface area contributed by atoms with Crippen molar-refractivity contribution in [3.8, 4) is 0 Å². The molecule has 0 spiro atoms. The molecular formula is C19H17N3O4. The summed E-state index contributed by atoms with van der Waals surface area (Å²) in [6, 6.07) is 15.4. The van der Waals surface area contributed by atoms with Crippen molar-refractivity contribution < 1.29 is 14.3 Å². The molecule has 0 aliphatic heterocycles. The lowest BCUT2D eigenvalue weighted by Gasteiger charge is -2.16. The highest BCUT2D eigenvalue weighted by atomic mass is 16.5. The van der Waals surface area contributed by atoms with Gasteiger partial charge in [-0.1, -0.05) is 18.2 Å². The molecule has 0 fully saturated rings. The van der Waals surface area contributed by atoms with Gasteiger partial charge in [-0.3, -0.25) is 14.5 Å². The number of aromatic nitrogens is 1. The van der Waals surface area contributed by atoms with Gasteiger partial charge in [0.05, 0.1) is 7.11 Å². The van der Waals surface area contributed by atoms with Crippen molar-refractivity contribution in [2.24, 2.45) is 0 Å². The lowest BCUT2D eigenvalue weighted by Crippen LogP contribution is -2.25. The average Bonchev–Trinajstić information content (AvgIpc) is 2.67. The Hall–Kier alpha value is -3.61. The normalized spacial score (nSPS) is 10.4. The van der Waals surface area contributed by atoms with Gasteiger partial charge in [0.1, 0.15) is 5.69 Å². The first-order chi connectivity index (χ1) is 12.5. The topological polar surface area (TPSA) is 91.5 Å². The van der Waals surface area contributed by atoms with Crippen LogP contribution in [0, 0.1) is 0 Å². The number of pyridine rings is 1. The van der Waals surface area contributed by atoms with E-state index in [9.17, 15) is 14.4 Å². The van der Waals surface area contributed by atoms with E-state index in [1.54, 1.807) is 61.6 Å². The predicted molar refractivity (Wildman–Crippen MR) is 99.8 cm³/mol. The Bertz CT molecular complexity index is 1020. The number of nitrogens with zero attached hydrogens (tertiary/aromatic N) is 1. The maximum absolute atomic E-state index is 12.4. The number of methoxy groups -OCH3 is 1. The number of nitrogens with one attached hydrogen (secondary N) is 2. The van der Waals surface area contributed by atoms with Gasteiger partial charge in [-0.25, -0.2) is 4.79 Å². The van der Waals surface area contributed by atoms with Gasteiger partial charge < -0.3 is 15.0 Å². The van der Waals surface area contributed by atoms with Crippen LogP contribution in [0.15, 0.2) is 59.4 Å². The second-order valence-electron chi connectivity index (χ2n) is 5.63. The third-order valence-corrected chi connectivity index (χ3v) is 3.96. The molecule has 2 amide bonds. The van der Waals surface area contributed by atoms with Crippen LogP contribution in [0.5, 0.6) is 0 Å². The fourth-order valence-corrected chi connectivity index (χ4v) is 2.54. The summed E-state index contributed by atoms with van der Waals surface area (Å²) in [5.41, 5.74) is 1.01. The van der Waals surface area contributed by atoms with Gasteiger partial charge in [0.2, 0.25) is 0 Å². The highest BCUT2D eigenvalue weighted by molar-refractivity contribution is 6.04. The summed E-state index contributed by atoms with van der Waals surface area (Å²) in [6.45, 7) is 0. The van der Waals surface area contributed by atoms with E-state index in [4.69, 9.17) is 0 Å². The SMILES string of the molecule is COC(=O)N(C)c1ccc(NC(=O)c2cc3ccccc3c(=O)[nH]2)cc1. The van der Waals surface area contributed by atoms with Crippen molar-refractivity contribution in [2.45, 2.75) is 0 Å². The molecule has 0 saturated carbocycles. The van der Waals surface area contributed by atoms with E-state index in [-0.39, 0.29) is 11.3 Å². The molecular weight excluding hydrogens is 334 g/mol. The summed E-state index contributed by atoms with van der Waals surface area (Å²) in [5.74, 6) is -0.429. The quantitative estimate of drug-likeness (QED) is 0.759. The zero-order valence-corrected chi connectivity index (χ0v) is 14.3. The van der Waals surface area contributed by atoms with Gasteiger partial charge >= 0.3 is 6.09 Å². The van der Waals surface area contributed by atoms with Gasteiger partial charge in [-0.2, -0.15) is 0 Å². The predicted octanol–water partition coefficient (Wildman–Crippen LogP) is 2.98. The van der Waals surface area contributed by atoms with Crippen molar-refractivity contribution in [3.05, 3.63) is 70.6 Å². The fourth-order valence-electron chi connectivity index (χ4n) is 2.54. The zero-order chi connectivity index (χ0) is 18.7. The van der Waals surface area contributed by atoms with E-state index in [0.29, 0.717) is 22.1 Å². The molecule has 0 bridgehead atoms. The third kappa shape index (κ3) is 3.41. The molecule has 0 radical (unpaired) electrons. The number of ether oxygens (including phenoxy) is 1. The first-order valence-corrected chi connectivity index (χ1v) is 7.85. The fraction of sp³-hybridized carbons (Fsp3) is 0.105. The second-order valence-corrected chi connectivity index (χ2v) is 5.63. The number of hydrogen-bond acceptors (Lipinski definition) is 4. The number of benzene rings is 2. The smallest absolute Gasteiger partial charge is 0.413 e. The van der Waals surface area contributed by atoms with E-state index < -0.39 is 12.0 Å². The summed E-state index contributed by atoms with van der Waals surface area (Å²) in [6.07, 6.45) is -0.490. The molecule has 0 aliphatic rings.